The third-order valence-electron chi connectivity index (χ3n) is 4.34. The number of H-pyrrole nitrogens is 1. The molecule has 0 saturated carbocycles. The first kappa shape index (κ1) is 18.3. The van der Waals surface area contributed by atoms with Crippen LogP contribution in [0.25, 0.3) is 0 Å². The summed E-state index contributed by atoms with van der Waals surface area (Å²) in [6.07, 6.45) is 23.0. The fraction of sp³-hybridized carbons (Fsp3) is 0.842. The van der Waals surface area contributed by atoms with Gasteiger partial charge in [0, 0.05) is 6.20 Å². The Morgan fingerprint density at radius 2 is 1.19 bits per heavy atom. The van der Waals surface area contributed by atoms with Gasteiger partial charge in [0.05, 0.1) is 5.69 Å². The molecule has 1 aromatic heterocycles. The van der Waals surface area contributed by atoms with Crippen LogP contribution >= 0.6 is 0 Å². The normalized spacial score (nSPS) is 11.1. The fourth-order valence-corrected chi connectivity index (χ4v) is 2.93. The maximum absolute atomic E-state index is 4.19. The van der Waals surface area contributed by atoms with E-state index in [2.05, 4.69) is 23.2 Å². The number of hydrogen-bond donors (Lipinski definition) is 1. The van der Waals surface area contributed by atoms with Crippen LogP contribution < -0.4 is 0 Å². The summed E-state index contributed by atoms with van der Waals surface area (Å²) in [6.45, 7) is 2.29. The van der Waals surface area contributed by atoms with Gasteiger partial charge in [-0.05, 0) is 18.9 Å². The van der Waals surface area contributed by atoms with E-state index in [1.54, 1.807) is 0 Å². The average Bonchev–Trinajstić information content (AvgIpc) is 3.01. The topological polar surface area (TPSA) is 28.7 Å². The van der Waals surface area contributed by atoms with Crippen LogP contribution in [-0.4, -0.2) is 10.2 Å². The van der Waals surface area contributed by atoms with Crippen molar-refractivity contribution in [1.82, 2.24) is 10.2 Å². The van der Waals surface area contributed by atoms with Gasteiger partial charge in [-0.2, -0.15) is 5.10 Å². The summed E-state index contributed by atoms with van der Waals surface area (Å²) in [7, 11) is 0. The third kappa shape index (κ3) is 11.5. The Bertz CT molecular complexity index is 293. The minimum Gasteiger partial charge on any atom is -0.285 e. The molecule has 1 rings (SSSR count). The number of unbranched alkanes of at least 4 members (excludes halogenated alkanes) is 13. The van der Waals surface area contributed by atoms with Crippen molar-refractivity contribution in [3.05, 3.63) is 18.0 Å². The number of aryl methyl sites for hydroxylation is 1. The van der Waals surface area contributed by atoms with Crippen LogP contribution in [0.15, 0.2) is 12.3 Å². The van der Waals surface area contributed by atoms with Crippen molar-refractivity contribution in [2.24, 2.45) is 0 Å². The van der Waals surface area contributed by atoms with E-state index >= 15 is 0 Å². The van der Waals surface area contributed by atoms with Crippen molar-refractivity contribution >= 4 is 0 Å². The van der Waals surface area contributed by atoms with E-state index in [1.807, 2.05) is 6.20 Å². The molecule has 1 aromatic rings. The Balaban J connectivity index is 1.69. The highest BCUT2D eigenvalue weighted by Gasteiger charge is 1.96. The molecule has 2 heteroatoms. The zero-order valence-corrected chi connectivity index (χ0v) is 14.2. The summed E-state index contributed by atoms with van der Waals surface area (Å²) in [5.41, 5.74) is 1.22. The number of aromatic nitrogens is 2. The molecule has 21 heavy (non-hydrogen) atoms. The van der Waals surface area contributed by atoms with Crippen LogP contribution in [0, 0.1) is 0 Å². The fourth-order valence-electron chi connectivity index (χ4n) is 2.93. The molecule has 0 aliphatic rings. The monoisotopic (exact) mass is 292 g/mol. The maximum Gasteiger partial charge on any atom is 0.0622 e. The van der Waals surface area contributed by atoms with Gasteiger partial charge in [-0.3, -0.25) is 5.10 Å². The van der Waals surface area contributed by atoms with Crippen LogP contribution in [0.1, 0.15) is 103 Å². The van der Waals surface area contributed by atoms with E-state index in [0.717, 1.165) is 6.42 Å². The molecule has 1 heterocycles. The minimum absolute atomic E-state index is 1.14. The zero-order chi connectivity index (χ0) is 15.0. The lowest BCUT2D eigenvalue weighted by Gasteiger charge is -2.03. The summed E-state index contributed by atoms with van der Waals surface area (Å²) in [6, 6.07) is 2.09. The van der Waals surface area contributed by atoms with E-state index in [1.165, 1.54) is 95.6 Å². The molecule has 0 atom stereocenters. The molecule has 0 aliphatic heterocycles. The SMILES string of the molecule is CCCCCCCCCCCCCCCCc1cc[nH]n1. The van der Waals surface area contributed by atoms with Gasteiger partial charge >= 0.3 is 0 Å². The Kier molecular flexibility index (Phi) is 12.3. The summed E-state index contributed by atoms with van der Waals surface area (Å²) in [5, 5.41) is 7.07. The Labute approximate surface area is 132 Å². The van der Waals surface area contributed by atoms with Gasteiger partial charge in [0.2, 0.25) is 0 Å². The van der Waals surface area contributed by atoms with E-state index in [9.17, 15) is 0 Å². The van der Waals surface area contributed by atoms with Crippen LogP contribution in [0.2, 0.25) is 0 Å². The second-order valence-electron chi connectivity index (χ2n) is 6.41. The molecule has 0 bridgehead atoms. The molecule has 2 nitrogen and oxygen atoms in total. The Morgan fingerprint density at radius 1 is 0.714 bits per heavy atom. The number of nitrogens with zero attached hydrogens (tertiary/aromatic N) is 1. The molecule has 0 fully saturated rings. The lowest BCUT2D eigenvalue weighted by molar-refractivity contribution is 0.535. The highest BCUT2D eigenvalue weighted by Crippen LogP contribution is 2.13. The summed E-state index contributed by atoms with van der Waals surface area (Å²) in [4.78, 5) is 0. The molecule has 0 spiro atoms. The smallest absolute Gasteiger partial charge is 0.0622 e. The van der Waals surface area contributed by atoms with Gasteiger partial charge in [-0.1, -0.05) is 90.4 Å². The second kappa shape index (κ2) is 14.2. The molecule has 0 amide bonds. The number of aromatic amines is 1. The van der Waals surface area contributed by atoms with Crippen molar-refractivity contribution in [1.29, 1.82) is 0 Å². The molecular weight excluding hydrogens is 256 g/mol. The maximum atomic E-state index is 4.19. The van der Waals surface area contributed by atoms with Gasteiger partial charge in [0.1, 0.15) is 0 Å². The molecule has 0 aliphatic carbocycles. The van der Waals surface area contributed by atoms with Crippen molar-refractivity contribution in [3.63, 3.8) is 0 Å². The molecule has 1 N–H and O–H groups in total. The highest BCUT2D eigenvalue weighted by molar-refractivity contribution is 4.96. The molecular formula is C19H36N2. The predicted molar refractivity (Wildman–Crippen MR) is 92.6 cm³/mol. The van der Waals surface area contributed by atoms with Crippen molar-refractivity contribution in [2.75, 3.05) is 0 Å². The summed E-state index contributed by atoms with van der Waals surface area (Å²) in [5.74, 6) is 0. The Hall–Kier alpha value is -0.790. The molecule has 122 valence electrons. The van der Waals surface area contributed by atoms with Crippen LogP contribution in [0.5, 0.6) is 0 Å². The van der Waals surface area contributed by atoms with Crippen LogP contribution in [-0.2, 0) is 6.42 Å². The van der Waals surface area contributed by atoms with Gasteiger partial charge in [0.15, 0.2) is 0 Å². The third-order valence-corrected chi connectivity index (χ3v) is 4.34. The van der Waals surface area contributed by atoms with Gasteiger partial charge < -0.3 is 0 Å². The van der Waals surface area contributed by atoms with Gasteiger partial charge in [-0.15, -0.1) is 0 Å². The first-order valence-electron chi connectivity index (χ1n) is 9.42. The predicted octanol–water partition coefficient (Wildman–Crippen LogP) is 6.43. The molecule has 0 saturated heterocycles. The van der Waals surface area contributed by atoms with E-state index in [0.29, 0.717) is 0 Å². The van der Waals surface area contributed by atoms with Crippen LogP contribution in [0.4, 0.5) is 0 Å². The number of rotatable bonds is 15. The largest absolute Gasteiger partial charge is 0.285 e. The average molecular weight is 293 g/mol. The molecule has 0 aromatic carbocycles. The summed E-state index contributed by atoms with van der Waals surface area (Å²) >= 11 is 0. The molecule has 0 unspecified atom stereocenters. The first-order valence-corrected chi connectivity index (χ1v) is 9.42. The van der Waals surface area contributed by atoms with Crippen molar-refractivity contribution in [2.45, 2.75) is 103 Å². The lowest BCUT2D eigenvalue weighted by atomic mass is 10.0. The first-order chi connectivity index (χ1) is 10.4. The molecule has 0 radical (unpaired) electrons. The van der Waals surface area contributed by atoms with E-state index in [-0.39, 0.29) is 0 Å². The van der Waals surface area contributed by atoms with Crippen molar-refractivity contribution < 1.29 is 0 Å². The number of nitrogens with one attached hydrogen (secondary N) is 1. The Morgan fingerprint density at radius 3 is 1.62 bits per heavy atom. The zero-order valence-electron chi connectivity index (χ0n) is 14.2. The van der Waals surface area contributed by atoms with E-state index in [4.69, 9.17) is 0 Å². The second-order valence-corrected chi connectivity index (χ2v) is 6.41. The minimum atomic E-state index is 1.14. The van der Waals surface area contributed by atoms with Gasteiger partial charge in [0.25, 0.3) is 0 Å². The number of hydrogen-bond acceptors (Lipinski definition) is 1. The van der Waals surface area contributed by atoms with E-state index < -0.39 is 0 Å². The lowest BCUT2D eigenvalue weighted by Crippen LogP contribution is -1.87. The highest BCUT2D eigenvalue weighted by atomic mass is 15.1. The quantitative estimate of drug-likeness (QED) is 0.370. The van der Waals surface area contributed by atoms with Crippen LogP contribution in [0.3, 0.4) is 0 Å². The standard InChI is InChI=1S/C19H36N2/c1-2-3-4-5-6-7-8-9-10-11-12-13-14-15-16-19-17-18-20-21-19/h17-18H,2-16H2,1H3,(H,20,21). The van der Waals surface area contributed by atoms with Crippen molar-refractivity contribution in [3.8, 4) is 0 Å². The van der Waals surface area contributed by atoms with Gasteiger partial charge in [-0.25, -0.2) is 0 Å². The summed E-state index contributed by atoms with van der Waals surface area (Å²) < 4.78 is 0.